The van der Waals surface area contributed by atoms with Crippen LogP contribution >= 0.6 is 0 Å². The molecule has 0 unspecified atom stereocenters. The van der Waals surface area contributed by atoms with Gasteiger partial charge in [0, 0.05) is 17.6 Å². The fraction of sp³-hybridized carbons (Fsp3) is 0.455. The molecule has 15 heteroatoms. The van der Waals surface area contributed by atoms with Crippen LogP contribution in [-0.2, 0) is 19.1 Å². The van der Waals surface area contributed by atoms with Crippen LogP contribution in [0.5, 0.6) is 0 Å². The number of nitrogens with zero attached hydrogens (tertiary/aromatic N) is 4. The quantitative estimate of drug-likeness (QED) is 0.106. The first-order chi connectivity index (χ1) is 28.2. The van der Waals surface area contributed by atoms with Gasteiger partial charge in [-0.3, -0.25) is 9.59 Å². The number of alkyl carbamates (subject to hydrolysis) is 2. The number of fused-ring (bicyclic) bond motifs is 4. The van der Waals surface area contributed by atoms with E-state index in [1.54, 1.807) is 0 Å². The number of H-pyrrole nitrogens is 2. The maximum absolute atomic E-state index is 14.0. The van der Waals surface area contributed by atoms with E-state index < -0.39 is 32.3 Å². The van der Waals surface area contributed by atoms with Gasteiger partial charge in [0.15, 0.2) is 0 Å². The molecule has 59 heavy (non-hydrogen) atoms. The number of imidazole rings is 2. The van der Waals surface area contributed by atoms with Gasteiger partial charge in [0.05, 0.1) is 57.3 Å². The summed E-state index contributed by atoms with van der Waals surface area (Å²) >= 11 is 0. The van der Waals surface area contributed by atoms with Crippen LogP contribution in [0.3, 0.4) is 0 Å². The van der Waals surface area contributed by atoms with Crippen LogP contribution in [0.15, 0.2) is 60.8 Å². The molecular formula is C44H54N8O6Si. The lowest BCUT2D eigenvalue weighted by molar-refractivity contribution is -0.137. The average Bonchev–Trinajstić information content (AvgIpc) is 3.63. The highest BCUT2D eigenvalue weighted by Crippen LogP contribution is 2.53. The van der Waals surface area contributed by atoms with Gasteiger partial charge in [-0.2, -0.15) is 0 Å². The molecule has 4 N–H and O–H groups in total. The highest BCUT2D eigenvalue weighted by Gasteiger charge is 2.56. The van der Waals surface area contributed by atoms with Crippen molar-refractivity contribution in [3.05, 3.63) is 72.4 Å². The molecule has 3 fully saturated rings. The Morgan fingerprint density at radius 3 is 2.08 bits per heavy atom. The van der Waals surface area contributed by atoms with E-state index in [4.69, 9.17) is 19.4 Å². The van der Waals surface area contributed by atoms with Gasteiger partial charge in [0.25, 0.3) is 0 Å². The Balaban J connectivity index is 1.00. The number of piperidine rings is 1. The van der Waals surface area contributed by atoms with Crippen molar-refractivity contribution in [1.82, 2.24) is 40.4 Å². The van der Waals surface area contributed by atoms with E-state index in [1.165, 1.54) is 14.2 Å². The van der Waals surface area contributed by atoms with E-state index in [1.807, 2.05) is 43.7 Å². The number of aromatic nitrogens is 4. The maximum atomic E-state index is 14.0. The minimum Gasteiger partial charge on any atom is -0.453 e. The van der Waals surface area contributed by atoms with Crippen LogP contribution in [0.1, 0.15) is 64.3 Å². The highest BCUT2D eigenvalue weighted by molar-refractivity contribution is 6.78. The third-order valence-electron chi connectivity index (χ3n) is 12.4. The summed E-state index contributed by atoms with van der Waals surface area (Å²) in [5.41, 5.74) is 5.77. The third-order valence-corrected chi connectivity index (χ3v) is 15.1. The lowest BCUT2D eigenvalue weighted by Gasteiger charge is -2.31. The Labute approximate surface area is 344 Å². The number of likely N-dealkylation sites (tertiary alicyclic amines) is 1. The lowest BCUT2D eigenvalue weighted by Crippen LogP contribution is -2.52. The lowest BCUT2D eigenvalue weighted by atomic mass is 9.99. The number of aromatic amines is 2. The van der Waals surface area contributed by atoms with Gasteiger partial charge in [-0.05, 0) is 70.8 Å². The summed E-state index contributed by atoms with van der Waals surface area (Å²) in [7, 11) is 0.832. The van der Waals surface area contributed by atoms with Crippen LogP contribution in [0.2, 0.25) is 19.1 Å². The van der Waals surface area contributed by atoms with Gasteiger partial charge < -0.3 is 39.9 Å². The van der Waals surface area contributed by atoms with Crippen molar-refractivity contribution >= 4 is 53.9 Å². The number of nitrogens with one attached hydrogen (secondary N) is 4. The molecule has 6 atom stereocenters. The number of ether oxygens (including phenoxy) is 2. The first-order valence-corrected chi connectivity index (χ1v) is 24.0. The molecule has 1 aliphatic carbocycles. The standard InChI is InChI=1S/C44H54N8O6Si/c1-23(2)36(49-43(55)57-5)41(53)51-22-59(7,8)21-35(51)40-46-31-16-14-28-17-27(13-15-30(28)38(31)48-40)25-9-11-26(12-10-25)32-20-45-39(47-32)34-19-29-18-33(29)52(34)42(54)37(24(3)4)50-44(56)58-6/h9-17,20,23-24,29,33-37H,18-19,21-22H2,1-8H3,(H,45,47)(H,46,48)(H,49,55)(H,50,56)/t29-,33-,34+,35+,36+,37+/m1/s1. The van der Waals surface area contributed by atoms with Crippen molar-refractivity contribution in [3.63, 3.8) is 0 Å². The van der Waals surface area contributed by atoms with Gasteiger partial charge in [0.2, 0.25) is 11.8 Å². The largest absolute Gasteiger partial charge is 0.453 e. The maximum Gasteiger partial charge on any atom is 0.407 e. The summed E-state index contributed by atoms with van der Waals surface area (Å²) in [6.45, 7) is 12.3. The summed E-state index contributed by atoms with van der Waals surface area (Å²) in [5, 5.41) is 7.58. The fourth-order valence-corrected chi connectivity index (χ4v) is 12.0. The Morgan fingerprint density at radius 1 is 0.780 bits per heavy atom. The van der Waals surface area contributed by atoms with Crippen molar-refractivity contribution in [2.24, 2.45) is 17.8 Å². The second-order valence-electron chi connectivity index (χ2n) is 17.9. The molecule has 0 radical (unpaired) electrons. The van der Waals surface area contributed by atoms with Gasteiger partial charge in [-0.25, -0.2) is 19.6 Å². The molecule has 4 heterocycles. The monoisotopic (exact) mass is 818 g/mol. The van der Waals surface area contributed by atoms with Crippen LogP contribution in [0.4, 0.5) is 9.59 Å². The normalized spacial score (nSPS) is 21.8. The zero-order valence-electron chi connectivity index (χ0n) is 35.0. The minimum absolute atomic E-state index is 0.101. The Bertz CT molecular complexity index is 2420. The van der Waals surface area contributed by atoms with Crippen LogP contribution in [-0.4, -0.2) is 100 Å². The minimum atomic E-state index is -1.77. The Hall–Kier alpha value is -5.70. The predicted octanol–water partition coefficient (Wildman–Crippen LogP) is 7.33. The SMILES string of the molecule is COC(=O)N[C@H](C(=O)N1C[Si](C)(C)C[C@H]1c1nc2c(ccc3cc(-c4ccc(-c5cnc([C@@H]6C[C@H]7C[C@H]7N6C(=O)[C@@H](NC(=O)OC)C(C)C)[nH]5)cc4)ccc32)[nH]1)C(C)C. The molecule has 14 nitrogen and oxygen atoms in total. The van der Waals surface area contributed by atoms with E-state index >= 15 is 0 Å². The van der Waals surface area contributed by atoms with Crippen molar-refractivity contribution in [1.29, 1.82) is 0 Å². The van der Waals surface area contributed by atoms with E-state index in [0.717, 1.165) is 74.7 Å². The molecule has 4 amide bonds. The fourth-order valence-electron chi connectivity index (χ4n) is 9.15. The van der Waals surface area contributed by atoms with Crippen molar-refractivity contribution in [2.75, 3.05) is 20.4 Å². The summed E-state index contributed by atoms with van der Waals surface area (Å²) in [6, 6.07) is 18.2. The van der Waals surface area contributed by atoms with Crippen molar-refractivity contribution in [2.45, 2.75) is 89.9 Å². The number of carbonyl (C=O) groups is 4. The average molecular weight is 819 g/mol. The molecule has 0 spiro atoms. The first-order valence-electron chi connectivity index (χ1n) is 20.6. The summed E-state index contributed by atoms with van der Waals surface area (Å²) in [4.78, 5) is 72.8. The zero-order valence-corrected chi connectivity index (χ0v) is 36.0. The predicted molar refractivity (Wildman–Crippen MR) is 228 cm³/mol. The van der Waals surface area contributed by atoms with Gasteiger partial charge in [-0.1, -0.05) is 83.3 Å². The van der Waals surface area contributed by atoms with Crippen molar-refractivity contribution < 1.29 is 28.7 Å². The molecule has 310 valence electrons. The molecular weight excluding hydrogens is 765 g/mol. The molecule has 3 aliphatic rings. The topological polar surface area (TPSA) is 175 Å². The molecule has 3 aromatic carbocycles. The summed E-state index contributed by atoms with van der Waals surface area (Å²) in [5.74, 6) is 1.53. The van der Waals surface area contributed by atoms with Gasteiger partial charge in [-0.15, -0.1) is 0 Å². The number of rotatable bonds is 10. The number of amides is 4. The zero-order chi connectivity index (χ0) is 41.9. The van der Waals surface area contributed by atoms with Gasteiger partial charge >= 0.3 is 12.2 Å². The van der Waals surface area contributed by atoms with E-state index in [0.29, 0.717) is 12.1 Å². The van der Waals surface area contributed by atoms with Crippen LogP contribution in [0, 0.1) is 17.8 Å². The smallest absolute Gasteiger partial charge is 0.407 e. The molecule has 0 bridgehead atoms. The molecule has 8 rings (SSSR count). The van der Waals surface area contributed by atoms with E-state index in [-0.39, 0.29) is 41.8 Å². The molecule has 2 saturated heterocycles. The molecule has 5 aromatic rings. The number of hydrogen-bond donors (Lipinski definition) is 4. The van der Waals surface area contributed by atoms with Crippen molar-refractivity contribution in [3.8, 4) is 22.4 Å². The Morgan fingerprint density at radius 2 is 1.42 bits per heavy atom. The van der Waals surface area contributed by atoms with Crippen LogP contribution < -0.4 is 10.6 Å². The van der Waals surface area contributed by atoms with Gasteiger partial charge in [0.1, 0.15) is 23.7 Å². The number of carbonyl (C=O) groups excluding carboxylic acids is 4. The number of hydrogen-bond acceptors (Lipinski definition) is 8. The number of methoxy groups -OCH3 is 2. The molecule has 1 saturated carbocycles. The molecule has 2 aliphatic heterocycles. The van der Waals surface area contributed by atoms with Crippen LogP contribution in [0.25, 0.3) is 44.2 Å². The number of benzene rings is 3. The first kappa shape index (κ1) is 40.1. The van der Waals surface area contributed by atoms with E-state index in [2.05, 4.69) is 88.3 Å². The highest BCUT2D eigenvalue weighted by atomic mass is 28.3. The molecule has 2 aromatic heterocycles. The Kier molecular flexibility index (Phi) is 10.5. The second-order valence-corrected chi connectivity index (χ2v) is 23.0. The summed E-state index contributed by atoms with van der Waals surface area (Å²) in [6.07, 6.45) is 3.09. The van der Waals surface area contributed by atoms with E-state index in [9.17, 15) is 19.2 Å². The summed E-state index contributed by atoms with van der Waals surface area (Å²) < 4.78 is 9.64. The second kappa shape index (κ2) is 15.5. The third kappa shape index (κ3) is 7.67.